The smallest absolute Gasteiger partial charge is 0.387 e. The van der Waals surface area contributed by atoms with E-state index >= 15 is 0 Å². The van der Waals surface area contributed by atoms with Crippen LogP contribution in [0, 0.1) is 0 Å². The van der Waals surface area contributed by atoms with Gasteiger partial charge in [-0.3, -0.25) is 9.78 Å². The van der Waals surface area contributed by atoms with Crippen molar-refractivity contribution in [3.8, 4) is 0 Å². The van der Waals surface area contributed by atoms with E-state index in [2.05, 4.69) is 20.4 Å². The Bertz CT molecular complexity index is 1050. The number of H-pyrrole nitrogens is 1. The molecule has 20 heteroatoms. The van der Waals surface area contributed by atoms with Gasteiger partial charge in [0.05, 0.1) is 12.2 Å². The molecular weight excluding hydrogens is 497 g/mol. The summed E-state index contributed by atoms with van der Waals surface area (Å²) >= 11 is 4.42. The molecule has 0 aliphatic carbocycles. The number of phosphoric acid groups is 2. The lowest BCUT2D eigenvalue weighted by Gasteiger charge is -2.21. The molecule has 0 saturated carbocycles. The van der Waals surface area contributed by atoms with Gasteiger partial charge < -0.3 is 43.6 Å². The van der Waals surface area contributed by atoms with E-state index in [1.54, 1.807) is 0 Å². The summed E-state index contributed by atoms with van der Waals surface area (Å²) in [5.41, 5.74) is -1.83. The van der Waals surface area contributed by atoms with Gasteiger partial charge in [-0.25, -0.2) is 18.2 Å². The lowest BCUT2D eigenvalue weighted by molar-refractivity contribution is -0.0197. The second kappa shape index (κ2) is 9.10. The van der Waals surface area contributed by atoms with Gasteiger partial charge >= 0.3 is 28.1 Å². The van der Waals surface area contributed by atoms with Gasteiger partial charge in [-0.15, -0.1) is 0 Å². The molecule has 16 nitrogen and oxygen atoms in total. The Hall–Kier alpha value is -0.610. The number of aliphatic hydroxyl groups excluding tert-OH is 2. The second-order valence-electron chi connectivity index (χ2n) is 5.92. The number of aromatic amines is 1. The molecule has 172 valence electrons. The third-order valence-corrected chi connectivity index (χ3v) is 8.34. The van der Waals surface area contributed by atoms with Crippen LogP contribution in [0.2, 0.25) is 0 Å². The highest BCUT2D eigenvalue weighted by Gasteiger charge is 2.46. The highest BCUT2D eigenvalue weighted by Crippen LogP contribution is 2.66. The van der Waals surface area contributed by atoms with Crippen molar-refractivity contribution >= 4 is 34.2 Å². The fraction of sp³-hybridized carbons (Fsp3) is 0.600. The largest absolute Gasteiger partial charge is 0.488 e. The molecule has 0 amide bonds. The van der Waals surface area contributed by atoms with E-state index in [-0.39, 0.29) is 5.56 Å². The van der Waals surface area contributed by atoms with Crippen molar-refractivity contribution in [2.75, 3.05) is 6.61 Å². The van der Waals surface area contributed by atoms with E-state index < -0.39 is 64.6 Å². The number of aryl methyl sites for hydroxylation is 1. The van der Waals surface area contributed by atoms with Crippen molar-refractivity contribution < 1.29 is 56.8 Å². The molecule has 0 aromatic carbocycles. The van der Waals surface area contributed by atoms with Crippen LogP contribution in [-0.4, -0.2) is 64.3 Å². The summed E-state index contributed by atoms with van der Waals surface area (Å²) < 4.78 is 40.6. The van der Waals surface area contributed by atoms with Crippen molar-refractivity contribution in [1.29, 1.82) is 0 Å². The van der Waals surface area contributed by atoms with E-state index in [9.17, 15) is 38.7 Å². The fourth-order valence-electron chi connectivity index (χ4n) is 2.40. The first kappa shape index (κ1) is 25.6. The van der Waals surface area contributed by atoms with Gasteiger partial charge in [0.15, 0.2) is 0 Å². The van der Waals surface area contributed by atoms with Gasteiger partial charge in [-0.1, -0.05) is 0 Å². The Morgan fingerprint density at radius 3 is 2.33 bits per heavy atom. The molecule has 1 fully saturated rings. The van der Waals surface area contributed by atoms with Gasteiger partial charge in [0.2, 0.25) is 0 Å². The van der Waals surface area contributed by atoms with Crippen LogP contribution in [0.4, 0.5) is 0 Å². The van der Waals surface area contributed by atoms with Crippen molar-refractivity contribution in [3.63, 3.8) is 0 Å². The minimum atomic E-state index is -5.52. The lowest BCUT2D eigenvalue weighted by atomic mass is 10.0. The molecule has 7 N–H and O–H groups in total. The predicted molar refractivity (Wildman–Crippen MR) is 98.4 cm³/mol. The van der Waals surface area contributed by atoms with Gasteiger partial charge in [-0.2, -0.15) is 4.31 Å². The normalized spacial score (nSPS) is 28.8. The number of ether oxygens (including phenoxy) is 1. The average Bonchev–Trinajstić information content (AvgIpc) is 2.81. The molecule has 2 rings (SSSR count). The Kier molecular flexibility index (Phi) is 7.78. The molecule has 1 aromatic heterocycles. The SMILES string of the molecule is Cn1cc([C@@H]2O[C@H](COP(O)(=S)OP(=O)(O)OP(=O)(O)O)[C@@H](O)[C@H]2O)c(=O)[nH]c1=O. The number of aliphatic hydroxyl groups is 2. The van der Waals surface area contributed by atoms with Crippen LogP contribution in [0.5, 0.6) is 0 Å². The molecule has 1 aliphatic rings. The summed E-state index contributed by atoms with van der Waals surface area (Å²) in [6, 6.07) is 0. The highest BCUT2D eigenvalue weighted by molar-refractivity contribution is 8.08. The van der Waals surface area contributed by atoms with Crippen molar-refractivity contribution in [3.05, 3.63) is 32.6 Å². The summed E-state index contributed by atoms with van der Waals surface area (Å²) in [6.45, 7) is -5.48. The Labute approximate surface area is 171 Å². The zero-order valence-corrected chi connectivity index (χ0v) is 18.2. The number of nitrogens with zero attached hydrogens (tertiary/aromatic N) is 1. The van der Waals surface area contributed by atoms with E-state index in [0.29, 0.717) is 0 Å². The van der Waals surface area contributed by atoms with Crippen LogP contribution >= 0.6 is 22.4 Å². The maximum absolute atomic E-state index is 11.9. The van der Waals surface area contributed by atoms with Crippen LogP contribution in [-0.2, 0) is 45.9 Å². The summed E-state index contributed by atoms with van der Waals surface area (Å²) in [4.78, 5) is 61.3. The molecule has 2 unspecified atom stereocenters. The van der Waals surface area contributed by atoms with Crippen LogP contribution in [0.3, 0.4) is 0 Å². The third kappa shape index (κ3) is 6.69. The fourth-order valence-corrected chi connectivity index (χ4v) is 6.37. The monoisotopic (exact) mass is 514 g/mol. The number of nitrogens with one attached hydrogen (secondary N) is 1. The zero-order chi connectivity index (χ0) is 23.1. The summed E-state index contributed by atoms with van der Waals surface area (Å²) in [7, 11) is -9.69. The van der Waals surface area contributed by atoms with Gasteiger partial charge in [0.1, 0.15) is 24.4 Å². The number of aromatic nitrogens is 2. The topological polar surface area (TPSA) is 247 Å². The molecule has 0 spiro atoms. The number of hydrogen-bond donors (Lipinski definition) is 7. The summed E-state index contributed by atoms with van der Waals surface area (Å²) in [6.07, 6.45) is -5.12. The zero-order valence-electron chi connectivity index (χ0n) is 14.7. The molecule has 2 heterocycles. The maximum Gasteiger partial charge on any atom is 0.488 e. The van der Waals surface area contributed by atoms with E-state index in [1.165, 1.54) is 7.05 Å². The minimum absolute atomic E-state index is 0.208. The van der Waals surface area contributed by atoms with Crippen molar-refractivity contribution in [1.82, 2.24) is 9.55 Å². The first-order chi connectivity index (χ1) is 13.5. The first-order valence-electron chi connectivity index (χ1n) is 7.61. The van der Waals surface area contributed by atoms with Crippen LogP contribution in [0.25, 0.3) is 0 Å². The Morgan fingerprint density at radius 2 is 1.77 bits per heavy atom. The standard InChI is InChI=1S/C10H17N2O14P3S/c1-12-2-4(9(15)11-10(12)16)8-7(14)6(13)5(24-8)3-23-29(22,30)26-28(20,21)25-27(17,18)19/h2,5-8,13-14H,3H2,1H3,(H,20,21)(H,22,30)(H,11,15,16)(H2,17,18,19)/t5-,6-,7-,8+,29?/m1/s1. The van der Waals surface area contributed by atoms with E-state index in [4.69, 9.17) is 19.0 Å². The quantitative estimate of drug-likeness (QED) is 0.180. The molecule has 6 atom stereocenters. The molecule has 1 aliphatic heterocycles. The number of rotatable bonds is 8. The van der Waals surface area contributed by atoms with E-state index in [0.717, 1.165) is 10.8 Å². The molecular formula is C10H17N2O14P3S. The molecule has 1 aromatic rings. The Balaban J connectivity index is 2.09. The van der Waals surface area contributed by atoms with Crippen LogP contribution < -0.4 is 11.2 Å². The Morgan fingerprint density at radius 1 is 1.17 bits per heavy atom. The first-order valence-corrected chi connectivity index (χ1v) is 13.2. The maximum atomic E-state index is 11.9. The van der Waals surface area contributed by atoms with Gasteiger partial charge in [0.25, 0.3) is 5.56 Å². The summed E-state index contributed by atoms with van der Waals surface area (Å²) in [5, 5.41) is 20.2. The second-order valence-corrected chi connectivity index (χ2v) is 11.7. The van der Waals surface area contributed by atoms with Crippen LogP contribution in [0.15, 0.2) is 15.8 Å². The number of hydrogen-bond acceptors (Lipinski definition) is 11. The average molecular weight is 514 g/mol. The molecule has 1 saturated heterocycles. The predicted octanol–water partition coefficient (Wildman–Crippen LogP) is -2.31. The van der Waals surface area contributed by atoms with Gasteiger partial charge in [0, 0.05) is 13.2 Å². The molecule has 30 heavy (non-hydrogen) atoms. The van der Waals surface area contributed by atoms with Crippen molar-refractivity contribution in [2.45, 2.75) is 24.4 Å². The minimum Gasteiger partial charge on any atom is -0.387 e. The molecule has 0 bridgehead atoms. The highest BCUT2D eigenvalue weighted by atomic mass is 32.5. The van der Waals surface area contributed by atoms with Gasteiger partial charge in [-0.05, 0) is 11.8 Å². The lowest BCUT2D eigenvalue weighted by Crippen LogP contribution is -2.35. The van der Waals surface area contributed by atoms with Crippen LogP contribution in [0.1, 0.15) is 11.7 Å². The molecule has 0 radical (unpaired) electrons. The van der Waals surface area contributed by atoms with E-state index in [1.807, 2.05) is 4.98 Å². The third-order valence-electron chi connectivity index (χ3n) is 3.62. The summed E-state index contributed by atoms with van der Waals surface area (Å²) in [5.74, 6) is 0. The van der Waals surface area contributed by atoms with Crippen molar-refractivity contribution in [2.24, 2.45) is 7.05 Å².